The molecule has 1 aromatic rings. The van der Waals surface area contributed by atoms with Gasteiger partial charge in [0.15, 0.2) is 0 Å². The van der Waals surface area contributed by atoms with Crippen LogP contribution in [0.3, 0.4) is 0 Å². The Balaban J connectivity index is 2.13. The minimum Gasteiger partial charge on any atom is -0.298 e. The smallest absolute Gasteiger partial charge is 0.146 e. The predicted octanol–water partition coefficient (Wildman–Crippen LogP) is 3.70. The zero-order valence-electron chi connectivity index (χ0n) is 9.48. The third-order valence-corrected chi connectivity index (χ3v) is 4.41. The summed E-state index contributed by atoms with van der Waals surface area (Å²) < 4.78 is 0. The molecule has 2 atom stereocenters. The molecule has 2 heteroatoms. The van der Waals surface area contributed by atoms with Crippen molar-refractivity contribution in [2.75, 3.05) is 0 Å². The van der Waals surface area contributed by atoms with Gasteiger partial charge >= 0.3 is 0 Å². The third kappa shape index (κ3) is 2.38. The number of hydrogen-bond donors (Lipinski definition) is 0. The molecule has 0 radical (unpaired) electrons. The number of thioether (sulfide) groups is 1. The van der Waals surface area contributed by atoms with Crippen LogP contribution in [0.2, 0.25) is 0 Å². The average Bonchev–Trinajstić information content (AvgIpc) is 2.62. The summed E-state index contributed by atoms with van der Waals surface area (Å²) in [5.74, 6) is 0.736. The van der Waals surface area contributed by atoms with Gasteiger partial charge in [-0.3, -0.25) is 4.79 Å². The number of allylic oxidation sites excluding steroid dienone is 1. The molecule has 16 heavy (non-hydrogen) atoms. The maximum absolute atomic E-state index is 11.8. The van der Waals surface area contributed by atoms with E-state index < -0.39 is 0 Å². The van der Waals surface area contributed by atoms with Gasteiger partial charge in [-0.05, 0) is 31.4 Å². The number of rotatable bonds is 3. The van der Waals surface area contributed by atoms with Gasteiger partial charge in [-0.1, -0.05) is 30.4 Å². The van der Waals surface area contributed by atoms with E-state index >= 15 is 0 Å². The van der Waals surface area contributed by atoms with E-state index in [9.17, 15) is 4.79 Å². The molecule has 1 aliphatic rings. The minimum absolute atomic E-state index is 0.0832. The molecule has 0 aromatic heterocycles. The molecular weight excluding hydrogens is 216 g/mol. The van der Waals surface area contributed by atoms with Crippen molar-refractivity contribution in [3.05, 3.63) is 42.5 Å². The standard InChI is InChI=1S/C14H16OS/c1-10(2)12-8-9-13(15)14(12)16-11-6-4-3-5-7-11/h3-7,12,14H,1,8-9H2,2H3/t12-,14-/m0/s1. The largest absolute Gasteiger partial charge is 0.298 e. The predicted molar refractivity (Wildman–Crippen MR) is 68.6 cm³/mol. The highest BCUT2D eigenvalue weighted by Crippen LogP contribution is 2.39. The first-order valence-electron chi connectivity index (χ1n) is 5.58. The van der Waals surface area contributed by atoms with Crippen LogP contribution in [0.1, 0.15) is 19.8 Å². The fourth-order valence-electron chi connectivity index (χ4n) is 2.11. The molecule has 84 valence electrons. The maximum atomic E-state index is 11.8. The Hall–Kier alpha value is -1.02. The molecule has 1 aromatic carbocycles. The van der Waals surface area contributed by atoms with Crippen molar-refractivity contribution >= 4 is 17.5 Å². The van der Waals surface area contributed by atoms with Crippen LogP contribution in [0, 0.1) is 5.92 Å². The van der Waals surface area contributed by atoms with Gasteiger partial charge in [0.2, 0.25) is 0 Å². The second kappa shape index (κ2) is 4.88. The normalized spacial score (nSPS) is 24.7. The molecule has 0 amide bonds. The van der Waals surface area contributed by atoms with Gasteiger partial charge in [-0.25, -0.2) is 0 Å². The summed E-state index contributed by atoms with van der Waals surface area (Å²) in [6.45, 7) is 6.03. The van der Waals surface area contributed by atoms with Crippen LogP contribution in [0.15, 0.2) is 47.4 Å². The Bertz CT molecular complexity index is 396. The van der Waals surface area contributed by atoms with Crippen LogP contribution in [0.5, 0.6) is 0 Å². The summed E-state index contributed by atoms with van der Waals surface area (Å²) in [5, 5.41) is 0.0832. The van der Waals surface area contributed by atoms with Crippen LogP contribution >= 0.6 is 11.8 Å². The molecule has 0 aliphatic heterocycles. The highest BCUT2D eigenvalue weighted by molar-refractivity contribution is 8.00. The molecule has 0 bridgehead atoms. The molecule has 0 heterocycles. The summed E-state index contributed by atoms with van der Waals surface area (Å²) in [6, 6.07) is 10.1. The highest BCUT2D eigenvalue weighted by atomic mass is 32.2. The van der Waals surface area contributed by atoms with E-state index in [1.165, 1.54) is 4.90 Å². The third-order valence-electron chi connectivity index (χ3n) is 3.02. The van der Waals surface area contributed by atoms with E-state index in [1.54, 1.807) is 11.8 Å². The van der Waals surface area contributed by atoms with Crippen molar-refractivity contribution in [1.82, 2.24) is 0 Å². The van der Waals surface area contributed by atoms with Gasteiger partial charge in [0.25, 0.3) is 0 Å². The monoisotopic (exact) mass is 232 g/mol. The molecule has 0 N–H and O–H groups in total. The van der Waals surface area contributed by atoms with Crippen molar-refractivity contribution in [3.63, 3.8) is 0 Å². The molecule has 0 spiro atoms. The fourth-order valence-corrected chi connectivity index (χ4v) is 3.50. The molecule has 0 saturated heterocycles. The Kier molecular flexibility index (Phi) is 3.49. The summed E-state index contributed by atoms with van der Waals surface area (Å²) in [5.41, 5.74) is 1.14. The van der Waals surface area contributed by atoms with Crippen molar-refractivity contribution in [3.8, 4) is 0 Å². The van der Waals surface area contributed by atoms with E-state index in [4.69, 9.17) is 0 Å². The average molecular weight is 232 g/mol. The topological polar surface area (TPSA) is 17.1 Å². The molecule has 0 unspecified atom stereocenters. The van der Waals surface area contributed by atoms with E-state index in [0.29, 0.717) is 18.1 Å². The number of hydrogen-bond acceptors (Lipinski definition) is 2. The second-order valence-corrected chi connectivity index (χ2v) is 5.52. The first kappa shape index (κ1) is 11.5. The lowest BCUT2D eigenvalue weighted by atomic mass is 10.0. The van der Waals surface area contributed by atoms with E-state index in [1.807, 2.05) is 25.1 Å². The van der Waals surface area contributed by atoms with E-state index in [0.717, 1.165) is 12.0 Å². The number of ketones is 1. The van der Waals surface area contributed by atoms with Gasteiger partial charge < -0.3 is 0 Å². The minimum atomic E-state index is 0.0832. The lowest BCUT2D eigenvalue weighted by Gasteiger charge is -2.17. The maximum Gasteiger partial charge on any atom is 0.146 e. The first-order chi connectivity index (χ1) is 7.68. The number of carbonyl (C=O) groups excluding carboxylic acids is 1. The van der Waals surface area contributed by atoms with Gasteiger partial charge in [-0.2, -0.15) is 0 Å². The van der Waals surface area contributed by atoms with Crippen molar-refractivity contribution in [2.45, 2.75) is 29.9 Å². The van der Waals surface area contributed by atoms with Crippen LogP contribution in [0.4, 0.5) is 0 Å². The molecule has 1 fully saturated rings. The van der Waals surface area contributed by atoms with Gasteiger partial charge in [0, 0.05) is 11.3 Å². The molecule has 1 aliphatic carbocycles. The van der Waals surface area contributed by atoms with Crippen molar-refractivity contribution in [1.29, 1.82) is 0 Å². The fraction of sp³-hybridized carbons (Fsp3) is 0.357. The summed E-state index contributed by atoms with van der Waals surface area (Å²) >= 11 is 1.69. The molecule has 2 rings (SSSR count). The Morgan fingerprint density at radius 3 is 2.69 bits per heavy atom. The zero-order valence-corrected chi connectivity index (χ0v) is 10.3. The number of benzene rings is 1. The first-order valence-corrected chi connectivity index (χ1v) is 6.46. The summed E-state index contributed by atoms with van der Waals surface area (Å²) in [4.78, 5) is 13.0. The SMILES string of the molecule is C=C(C)[C@@H]1CCC(=O)[C@H]1Sc1ccccc1. The number of Topliss-reactive ketones (excluding diaryl/α,β-unsaturated/α-hetero) is 1. The molecule has 1 saturated carbocycles. The number of carbonyl (C=O) groups is 1. The van der Waals surface area contributed by atoms with Crippen LogP contribution in [0.25, 0.3) is 0 Å². The lowest BCUT2D eigenvalue weighted by Crippen LogP contribution is -2.17. The van der Waals surface area contributed by atoms with Crippen LogP contribution < -0.4 is 0 Å². The van der Waals surface area contributed by atoms with Gasteiger partial charge in [0.1, 0.15) is 5.78 Å². The van der Waals surface area contributed by atoms with Gasteiger partial charge in [-0.15, -0.1) is 11.8 Å². The van der Waals surface area contributed by atoms with E-state index in [-0.39, 0.29) is 5.25 Å². The molecular formula is C14H16OS. The summed E-state index contributed by atoms with van der Waals surface area (Å²) in [7, 11) is 0. The van der Waals surface area contributed by atoms with Gasteiger partial charge in [0.05, 0.1) is 5.25 Å². The Labute approximate surface area is 101 Å². The summed E-state index contributed by atoms with van der Waals surface area (Å²) in [6.07, 6.45) is 1.68. The van der Waals surface area contributed by atoms with Crippen LogP contribution in [-0.2, 0) is 4.79 Å². The quantitative estimate of drug-likeness (QED) is 0.739. The van der Waals surface area contributed by atoms with E-state index in [2.05, 4.69) is 18.7 Å². The van der Waals surface area contributed by atoms with Crippen molar-refractivity contribution in [2.24, 2.45) is 5.92 Å². The van der Waals surface area contributed by atoms with Crippen LogP contribution in [-0.4, -0.2) is 11.0 Å². The molecule has 1 nitrogen and oxygen atoms in total. The lowest BCUT2D eigenvalue weighted by molar-refractivity contribution is -0.117. The van der Waals surface area contributed by atoms with Crippen molar-refractivity contribution < 1.29 is 4.79 Å². The second-order valence-electron chi connectivity index (χ2n) is 4.31. The Morgan fingerprint density at radius 1 is 1.38 bits per heavy atom. The highest BCUT2D eigenvalue weighted by Gasteiger charge is 2.35. The Morgan fingerprint density at radius 2 is 2.06 bits per heavy atom. The zero-order chi connectivity index (χ0) is 11.5.